The Morgan fingerprint density at radius 2 is 1.61 bits per heavy atom. The molecule has 2 aliphatic rings. The van der Waals surface area contributed by atoms with Crippen molar-refractivity contribution in [1.29, 1.82) is 0 Å². The molecule has 31 heavy (non-hydrogen) atoms. The molecule has 1 aliphatic carbocycles. The van der Waals surface area contributed by atoms with Gasteiger partial charge in [0.15, 0.2) is 9.84 Å². The second kappa shape index (κ2) is 11.4. The Morgan fingerprint density at radius 3 is 2.13 bits per heavy atom. The van der Waals surface area contributed by atoms with Crippen molar-refractivity contribution in [3.63, 3.8) is 0 Å². The minimum absolute atomic E-state index is 0. The standard InChI is InChI=1S/C22H34N2O5S.ClH/c1-17(2)29-22(25)24-14-12-23(13-15-24)19-6-4-18(5-7-19)16-28-20-8-10-21(11-9-20)30(3,26)27;/h8-11,17-19H,4-7,12-16H2,1-3H3;1H. The van der Waals surface area contributed by atoms with Gasteiger partial charge < -0.3 is 14.4 Å². The second-order valence-electron chi connectivity index (χ2n) is 8.68. The number of sulfone groups is 1. The molecule has 176 valence electrons. The number of hydrogen-bond donors (Lipinski definition) is 0. The second-order valence-corrected chi connectivity index (χ2v) is 10.7. The monoisotopic (exact) mass is 474 g/mol. The summed E-state index contributed by atoms with van der Waals surface area (Å²) in [6.45, 7) is 7.70. The average molecular weight is 475 g/mol. The van der Waals surface area contributed by atoms with Gasteiger partial charge in [-0.15, -0.1) is 12.4 Å². The Kier molecular flexibility index (Phi) is 9.45. The number of carbonyl (C=O) groups excluding carboxylic acids is 1. The lowest BCUT2D eigenvalue weighted by Crippen LogP contribution is -2.53. The molecule has 0 spiro atoms. The molecule has 2 fully saturated rings. The molecule has 0 atom stereocenters. The first-order valence-corrected chi connectivity index (χ1v) is 12.7. The molecule has 1 saturated heterocycles. The van der Waals surface area contributed by atoms with Crippen molar-refractivity contribution in [2.75, 3.05) is 39.0 Å². The van der Waals surface area contributed by atoms with Gasteiger partial charge in [0.1, 0.15) is 5.75 Å². The molecule has 0 N–H and O–H groups in total. The number of piperazine rings is 1. The normalized spacial score (nSPS) is 22.6. The molecule has 1 aromatic carbocycles. The minimum Gasteiger partial charge on any atom is -0.493 e. The number of amides is 1. The number of ether oxygens (including phenoxy) is 2. The van der Waals surface area contributed by atoms with E-state index in [1.165, 1.54) is 6.26 Å². The first kappa shape index (κ1) is 25.7. The minimum atomic E-state index is -3.17. The highest BCUT2D eigenvalue weighted by atomic mass is 35.5. The molecule has 1 aromatic rings. The molecule has 7 nitrogen and oxygen atoms in total. The third kappa shape index (κ3) is 7.54. The van der Waals surface area contributed by atoms with Gasteiger partial charge in [0.05, 0.1) is 17.6 Å². The largest absolute Gasteiger partial charge is 0.493 e. The molecule has 0 radical (unpaired) electrons. The van der Waals surface area contributed by atoms with Gasteiger partial charge in [-0.2, -0.15) is 0 Å². The number of halogens is 1. The molecular formula is C22H35ClN2O5S. The van der Waals surface area contributed by atoms with Crippen molar-refractivity contribution >= 4 is 28.3 Å². The number of nitrogens with zero attached hydrogens (tertiary/aromatic N) is 2. The summed E-state index contributed by atoms with van der Waals surface area (Å²) in [4.78, 5) is 16.7. The van der Waals surface area contributed by atoms with Gasteiger partial charge in [-0.25, -0.2) is 13.2 Å². The van der Waals surface area contributed by atoms with Gasteiger partial charge in [0.25, 0.3) is 0 Å². The van der Waals surface area contributed by atoms with E-state index in [4.69, 9.17) is 9.47 Å². The van der Waals surface area contributed by atoms with E-state index in [0.29, 0.717) is 29.2 Å². The summed E-state index contributed by atoms with van der Waals surface area (Å²) in [6.07, 6.45) is 5.48. The summed E-state index contributed by atoms with van der Waals surface area (Å²) in [5, 5.41) is 0. The van der Waals surface area contributed by atoms with E-state index in [-0.39, 0.29) is 24.6 Å². The predicted octanol–water partition coefficient (Wildman–Crippen LogP) is 3.61. The van der Waals surface area contributed by atoms with E-state index >= 15 is 0 Å². The molecule has 1 aliphatic heterocycles. The van der Waals surface area contributed by atoms with Crippen molar-refractivity contribution in [3.8, 4) is 5.75 Å². The smallest absolute Gasteiger partial charge is 0.410 e. The van der Waals surface area contributed by atoms with E-state index < -0.39 is 9.84 Å². The lowest BCUT2D eigenvalue weighted by Gasteiger charge is -2.41. The molecule has 1 amide bonds. The highest BCUT2D eigenvalue weighted by Gasteiger charge is 2.30. The van der Waals surface area contributed by atoms with E-state index in [0.717, 1.165) is 51.9 Å². The summed E-state index contributed by atoms with van der Waals surface area (Å²) in [6, 6.07) is 7.23. The SMILES string of the molecule is CC(C)OC(=O)N1CCN(C2CCC(COc3ccc(S(C)(=O)=O)cc3)CC2)CC1.Cl. The van der Waals surface area contributed by atoms with Gasteiger partial charge in [-0.05, 0) is 69.7 Å². The lowest BCUT2D eigenvalue weighted by molar-refractivity contribution is 0.0378. The Hall–Kier alpha value is -1.51. The zero-order valence-corrected chi connectivity index (χ0v) is 20.3. The fourth-order valence-corrected chi connectivity index (χ4v) is 4.85. The fourth-order valence-electron chi connectivity index (χ4n) is 4.22. The van der Waals surface area contributed by atoms with Crippen molar-refractivity contribution in [3.05, 3.63) is 24.3 Å². The Bertz CT molecular complexity index is 800. The van der Waals surface area contributed by atoms with Crippen LogP contribution in [0.4, 0.5) is 4.79 Å². The molecule has 1 saturated carbocycles. The Balaban J connectivity index is 0.00000341. The lowest BCUT2D eigenvalue weighted by atomic mass is 9.85. The zero-order valence-electron chi connectivity index (χ0n) is 18.7. The van der Waals surface area contributed by atoms with E-state index in [1.807, 2.05) is 18.7 Å². The van der Waals surface area contributed by atoms with Crippen molar-refractivity contribution in [1.82, 2.24) is 9.80 Å². The maximum absolute atomic E-state index is 12.0. The Morgan fingerprint density at radius 1 is 1.03 bits per heavy atom. The molecule has 3 rings (SSSR count). The maximum Gasteiger partial charge on any atom is 0.410 e. The van der Waals surface area contributed by atoms with Gasteiger partial charge in [-0.3, -0.25) is 4.90 Å². The third-order valence-electron chi connectivity index (χ3n) is 5.98. The van der Waals surface area contributed by atoms with Crippen LogP contribution < -0.4 is 4.74 Å². The third-order valence-corrected chi connectivity index (χ3v) is 7.11. The first-order chi connectivity index (χ1) is 14.2. The van der Waals surface area contributed by atoms with E-state index in [2.05, 4.69) is 4.90 Å². The Labute approximate surface area is 192 Å². The van der Waals surface area contributed by atoms with Crippen LogP contribution in [0.25, 0.3) is 0 Å². The van der Waals surface area contributed by atoms with Crippen LogP contribution in [-0.2, 0) is 14.6 Å². The number of hydrogen-bond acceptors (Lipinski definition) is 6. The van der Waals surface area contributed by atoms with Gasteiger partial charge >= 0.3 is 6.09 Å². The van der Waals surface area contributed by atoms with Crippen LogP contribution in [0.3, 0.4) is 0 Å². The first-order valence-electron chi connectivity index (χ1n) is 10.8. The maximum atomic E-state index is 12.0. The van der Waals surface area contributed by atoms with Crippen LogP contribution in [0.2, 0.25) is 0 Å². The molecule has 9 heteroatoms. The highest BCUT2D eigenvalue weighted by Crippen LogP contribution is 2.29. The molecule has 0 aromatic heterocycles. The van der Waals surface area contributed by atoms with Crippen LogP contribution >= 0.6 is 12.4 Å². The van der Waals surface area contributed by atoms with Crippen LogP contribution in [0.1, 0.15) is 39.5 Å². The average Bonchev–Trinajstić information content (AvgIpc) is 2.72. The molecule has 0 unspecified atom stereocenters. The van der Waals surface area contributed by atoms with Crippen LogP contribution in [0.5, 0.6) is 5.75 Å². The summed E-state index contributed by atoms with van der Waals surface area (Å²) in [5.41, 5.74) is 0. The van der Waals surface area contributed by atoms with Crippen LogP contribution in [0.15, 0.2) is 29.2 Å². The number of carbonyl (C=O) groups is 1. The summed E-state index contributed by atoms with van der Waals surface area (Å²) >= 11 is 0. The van der Waals surface area contributed by atoms with Crippen molar-refractivity contribution < 1.29 is 22.7 Å². The molecule has 1 heterocycles. The zero-order chi connectivity index (χ0) is 21.7. The topological polar surface area (TPSA) is 76.2 Å². The molecule has 0 bridgehead atoms. The summed E-state index contributed by atoms with van der Waals surface area (Å²) in [7, 11) is -3.17. The quantitative estimate of drug-likeness (QED) is 0.626. The van der Waals surface area contributed by atoms with Crippen molar-refractivity contribution in [2.45, 2.75) is 56.6 Å². The van der Waals surface area contributed by atoms with E-state index in [1.54, 1.807) is 24.3 Å². The molecular weight excluding hydrogens is 440 g/mol. The van der Waals surface area contributed by atoms with Gasteiger partial charge in [0.2, 0.25) is 0 Å². The predicted molar refractivity (Wildman–Crippen MR) is 123 cm³/mol. The van der Waals surface area contributed by atoms with Crippen LogP contribution in [-0.4, -0.2) is 75.5 Å². The van der Waals surface area contributed by atoms with Crippen LogP contribution in [0, 0.1) is 5.92 Å². The van der Waals surface area contributed by atoms with Crippen molar-refractivity contribution in [2.24, 2.45) is 5.92 Å². The van der Waals surface area contributed by atoms with Gasteiger partial charge in [-0.1, -0.05) is 0 Å². The highest BCUT2D eigenvalue weighted by molar-refractivity contribution is 7.90. The summed E-state index contributed by atoms with van der Waals surface area (Å²) < 4.78 is 34.3. The number of benzene rings is 1. The number of rotatable bonds is 6. The van der Waals surface area contributed by atoms with E-state index in [9.17, 15) is 13.2 Å². The summed E-state index contributed by atoms with van der Waals surface area (Å²) in [5.74, 6) is 1.24. The fraction of sp³-hybridized carbons (Fsp3) is 0.682. The van der Waals surface area contributed by atoms with Gasteiger partial charge in [0, 0.05) is 38.5 Å².